The van der Waals surface area contributed by atoms with Gasteiger partial charge in [0.15, 0.2) is 0 Å². The van der Waals surface area contributed by atoms with Gasteiger partial charge in [-0.05, 0) is 94.2 Å². The van der Waals surface area contributed by atoms with E-state index in [-0.39, 0.29) is 22.9 Å². The van der Waals surface area contributed by atoms with Crippen molar-refractivity contribution >= 4 is 40.7 Å². The molecule has 0 radical (unpaired) electrons. The van der Waals surface area contributed by atoms with Gasteiger partial charge in [-0.25, -0.2) is 4.68 Å². The van der Waals surface area contributed by atoms with Crippen LogP contribution in [0, 0.1) is 24.2 Å². The number of piperazine rings is 1. The maximum Gasteiger partial charge on any atom is 0.228 e. The summed E-state index contributed by atoms with van der Waals surface area (Å²) >= 11 is 18.9. The fraction of sp³-hybridized carbons (Fsp3) is 0.545. The number of carbonyl (C=O) groups is 1. The molecule has 1 aliphatic heterocycles. The van der Waals surface area contributed by atoms with E-state index in [4.69, 9.17) is 34.8 Å². The van der Waals surface area contributed by atoms with Gasteiger partial charge in [-0.1, -0.05) is 69.8 Å². The second-order valence-corrected chi connectivity index (χ2v) is 15.1. The highest BCUT2D eigenvalue weighted by Gasteiger charge is 2.61. The largest absolute Gasteiger partial charge is 0.339 e. The van der Waals surface area contributed by atoms with Gasteiger partial charge < -0.3 is 4.90 Å². The van der Waals surface area contributed by atoms with E-state index in [1.165, 1.54) is 30.4 Å². The van der Waals surface area contributed by atoms with Crippen LogP contribution < -0.4 is 0 Å². The third-order valence-electron chi connectivity index (χ3n) is 10.7. The van der Waals surface area contributed by atoms with Crippen LogP contribution in [0.1, 0.15) is 69.2 Å². The van der Waals surface area contributed by atoms with Crippen molar-refractivity contribution in [1.29, 1.82) is 0 Å². The number of carbonyl (C=O) groups excluding carboxylic acids is 1. The maximum absolute atomic E-state index is 14.5. The molecule has 2 heterocycles. The van der Waals surface area contributed by atoms with Crippen LogP contribution in [0.5, 0.6) is 0 Å². The predicted molar refractivity (Wildman–Crippen MR) is 167 cm³/mol. The Hall–Kier alpha value is -2.12. The van der Waals surface area contributed by atoms with Gasteiger partial charge in [0, 0.05) is 36.7 Å². The first-order valence-electron chi connectivity index (χ1n) is 15.2. The standard InChI is InChI=1S/C33H38Cl3N5O/c1-20-4-6-25(7-5-20)32-11-23-8-24(12-32)14-33(13-23,19-32)31(42)39-15-21(2)40(22(3)16-39)17-27-18-41(38-37-27)30-28(35)9-26(34)10-29(30)36/h4-7,9-10,18,21-24H,8,11-17,19H2,1-3H3/t21-,22+,23?,24?,32?,33?. The van der Waals surface area contributed by atoms with Gasteiger partial charge in [0.25, 0.3) is 0 Å². The highest BCUT2D eigenvalue weighted by atomic mass is 35.5. The molecule has 0 N–H and O–H groups in total. The minimum Gasteiger partial charge on any atom is -0.339 e. The third kappa shape index (κ3) is 4.87. The summed E-state index contributed by atoms with van der Waals surface area (Å²) in [5.41, 5.74) is 4.11. The molecule has 4 bridgehead atoms. The van der Waals surface area contributed by atoms with Gasteiger partial charge in [0.05, 0.1) is 27.4 Å². The smallest absolute Gasteiger partial charge is 0.228 e. The summed E-state index contributed by atoms with van der Waals surface area (Å²) in [5, 5.41) is 10.0. The second kappa shape index (κ2) is 10.5. The molecule has 4 aliphatic carbocycles. The van der Waals surface area contributed by atoms with E-state index in [9.17, 15) is 4.79 Å². The molecule has 4 saturated carbocycles. The molecule has 8 rings (SSSR count). The number of aryl methyl sites for hydroxylation is 1. The Balaban J connectivity index is 1.07. The molecule has 42 heavy (non-hydrogen) atoms. The summed E-state index contributed by atoms with van der Waals surface area (Å²) in [6.45, 7) is 8.71. The second-order valence-electron chi connectivity index (χ2n) is 13.8. The molecule has 1 saturated heterocycles. The van der Waals surface area contributed by atoms with Gasteiger partial charge in [-0.15, -0.1) is 5.10 Å². The molecule has 6 nitrogen and oxygen atoms in total. The first kappa shape index (κ1) is 28.6. The predicted octanol–water partition coefficient (Wildman–Crippen LogP) is 7.50. The Kier molecular flexibility index (Phi) is 7.16. The lowest BCUT2D eigenvalue weighted by molar-refractivity contribution is -0.164. The molecule has 4 atom stereocenters. The molecule has 0 spiro atoms. The van der Waals surface area contributed by atoms with E-state index in [0.29, 0.717) is 45.0 Å². The van der Waals surface area contributed by atoms with Crippen LogP contribution in [0.15, 0.2) is 42.6 Å². The molecular weight excluding hydrogens is 589 g/mol. The number of nitrogens with zero attached hydrogens (tertiary/aromatic N) is 5. The number of hydrogen-bond donors (Lipinski definition) is 0. The van der Waals surface area contributed by atoms with E-state index in [1.807, 2.05) is 6.20 Å². The number of aromatic nitrogens is 3. The van der Waals surface area contributed by atoms with Gasteiger partial charge in [-0.2, -0.15) is 0 Å². The molecule has 3 aromatic rings. The zero-order valence-corrected chi connectivity index (χ0v) is 26.8. The number of halogens is 3. The number of benzene rings is 2. The van der Waals surface area contributed by atoms with Crippen molar-refractivity contribution in [1.82, 2.24) is 24.8 Å². The third-order valence-corrected chi connectivity index (χ3v) is 11.5. The highest BCUT2D eigenvalue weighted by molar-refractivity contribution is 6.40. The number of rotatable bonds is 5. The fourth-order valence-corrected chi connectivity index (χ4v) is 10.3. The molecule has 222 valence electrons. The van der Waals surface area contributed by atoms with Crippen LogP contribution >= 0.6 is 34.8 Å². The molecule has 5 fully saturated rings. The lowest BCUT2D eigenvalue weighted by Crippen LogP contribution is -2.64. The van der Waals surface area contributed by atoms with Crippen molar-refractivity contribution in [3.63, 3.8) is 0 Å². The van der Waals surface area contributed by atoms with Crippen molar-refractivity contribution < 1.29 is 4.79 Å². The average molecular weight is 627 g/mol. The first-order valence-corrected chi connectivity index (χ1v) is 16.4. The summed E-state index contributed by atoms with van der Waals surface area (Å²) in [5.74, 6) is 1.74. The Morgan fingerprint density at radius 2 is 1.57 bits per heavy atom. The SMILES string of the molecule is Cc1ccc(C23CC4CC(CC(C(=O)N5C[C@@H](C)N(Cc6cn(-c7c(Cl)cc(Cl)cc7Cl)nn6)[C@@H](C)C5)(C4)C2)C3)cc1. The van der Waals surface area contributed by atoms with Crippen molar-refractivity contribution in [3.8, 4) is 5.69 Å². The summed E-state index contributed by atoms with van der Waals surface area (Å²) in [4.78, 5) is 19.2. The van der Waals surface area contributed by atoms with Gasteiger partial charge >= 0.3 is 0 Å². The molecule has 2 aromatic carbocycles. The fourth-order valence-electron chi connectivity index (χ4n) is 9.35. The lowest BCUT2D eigenvalue weighted by atomic mass is 9.42. The Morgan fingerprint density at radius 3 is 2.19 bits per heavy atom. The minimum atomic E-state index is -0.212. The Labute approximate surface area is 263 Å². The first-order chi connectivity index (χ1) is 20.0. The normalized spacial score (nSPS) is 32.5. The quantitative estimate of drug-likeness (QED) is 0.294. The monoisotopic (exact) mass is 625 g/mol. The van der Waals surface area contributed by atoms with E-state index in [0.717, 1.165) is 38.0 Å². The lowest BCUT2D eigenvalue weighted by Gasteiger charge is -2.62. The van der Waals surface area contributed by atoms with Crippen molar-refractivity contribution in [2.75, 3.05) is 13.1 Å². The molecular formula is C33H38Cl3N5O. The van der Waals surface area contributed by atoms with Gasteiger partial charge in [-0.3, -0.25) is 9.69 Å². The summed E-state index contributed by atoms with van der Waals surface area (Å²) in [6, 6.07) is 12.9. The zero-order chi connectivity index (χ0) is 29.4. The molecule has 5 aliphatic rings. The summed E-state index contributed by atoms with van der Waals surface area (Å²) in [6.07, 6.45) is 8.81. The van der Waals surface area contributed by atoms with Crippen LogP contribution in [0.25, 0.3) is 5.69 Å². The van der Waals surface area contributed by atoms with Crippen LogP contribution in [-0.4, -0.2) is 55.9 Å². The number of amides is 1. The zero-order valence-electron chi connectivity index (χ0n) is 24.5. The van der Waals surface area contributed by atoms with Gasteiger partial charge in [0.1, 0.15) is 5.69 Å². The van der Waals surface area contributed by atoms with E-state index >= 15 is 0 Å². The molecule has 1 aromatic heterocycles. The van der Waals surface area contributed by atoms with Crippen molar-refractivity contribution in [2.24, 2.45) is 17.3 Å². The summed E-state index contributed by atoms with van der Waals surface area (Å²) < 4.78 is 1.61. The van der Waals surface area contributed by atoms with E-state index < -0.39 is 0 Å². The van der Waals surface area contributed by atoms with Crippen molar-refractivity contribution in [2.45, 2.75) is 83.3 Å². The number of hydrogen-bond acceptors (Lipinski definition) is 4. The maximum atomic E-state index is 14.5. The van der Waals surface area contributed by atoms with E-state index in [2.05, 4.69) is 65.1 Å². The minimum absolute atomic E-state index is 0.161. The molecule has 1 amide bonds. The van der Waals surface area contributed by atoms with Crippen molar-refractivity contribution in [3.05, 3.63) is 74.5 Å². The Morgan fingerprint density at radius 1 is 0.952 bits per heavy atom. The van der Waals surface area contributed by atoms with Crippen LogP contribution in [-0.2, 0) is 16.8 Å². The van der Waals surface area contributed by atoms with Gasteiger partial charge in [0.2, 0.25) is 5.91 Å². The molecule has 2 unspecified atom stereocenters. The Bertz CT molecular complexity index is 1470. The topological polar surface area (TPSA) is 54.3 Å². The van der Waals surface area contributed by atoms with Crippen LogP contribution in [0.3, 0.4) is 0 Å². The van der Waals surface area contributed by atoms with Crippen LogP contribution in [0.4, 0.5) is 0 Å². The van der Waals surface area contributed by atoms with Crippen LogP contribution in [0.2, 0.25) is 15.1 Å². The molecule has 9 heteroatoms. The van der Waals surface area contributed by atoms with E-state index in [1.54, 1.807) is 16.8 Å². The average Bonchev–Trinajstić information content (AvgIpc) is 3.37. The highest BCUT2D eigenvalue weighted by Crippen LogP contribution is 2.66. The summed E-state index contributed by atoms with van der Waals surface area (Å²) in [7, 11) is 0.